The minimum absolute atomic E-state index is 0.229. The van der Waals surface area contributed by atoms with E-state index in [0.29, 0.717) is 5.82 Å². The molecule has 0 aliphatic rings. The smallest absolute Gasteiger partial charge is 0.291 e. The first kappa shape index (κ1) is 16.0. The van der Waals surface area contributed by atoms with Gasteiger partial charge in [0.2, 0.25) is 0 Å². The number of aryl methyl sites for hydroxylation is 2. The maximum atomic E-state index is 11.7. The molecule has 0 amide bonds. The number of rotatable bonds is 2. The lowest BCUT2D eigenvalue weighted by atomic mass is 10.0. The minimum Gasteiger partial charge on any atom is -0.291 e. The molecule has 2 aromatic rings. The van der Waals surface area contributed by atoms with Crippen molar-refractivity contribution in [1.82, 2.24) is 14.8 Å². The fraction of sp³-hybridized carbons (Fsp3) is 0.429. The lowest BCUT2D eigenvalue weighted by molar-refractivity contribution is 0.367. The molecular formula is C14H18ClN3O2S. The molecule has 2 rings (SSSR count). The summed E-state index contributed by atoms with van der Waals surface area (Å²) < 4.78 is 25.0. The fourth-order valence-electron chi connectivity index (χ4n) is 2.18. The maximum absolute atomic E-state index is 11.7. The van der Waals surface area contributed by atoms with Gasteiger partial charge in [-0.25, -0.2) is 8.42 Å². The van der Waals surface area contributed by atoms with Gasteiger partial charge in [-0.05, 0) is 46.2 Å². The number of hydrogen-bond acceptors (Lipinski definition) is 4. The van der Waals surface area contributed by atoms with Gasteiger partial charge in [0.1, 0.15) is 0 Å². The van der Waals surface area contributed by atoms with Crippen LogP contribution in [0.3, 0.4) is 0 Å². The monoisotopic (exact) mass is 327 g/mol. The SMILES string of the molecule is Cc1ccc(C)c(-c2nnc(S(=O)(=O)Cl)n2C(C)(C)C)c1. The second-order valence-electron chi connectivity index (χ2n) is 6.07. The summed E-state index contributed by atoms with van der Waals surface area (Å²) in [4.78, 5) is 0. The molecule has 0 N–H and O–H groups in total. The van der Waals surface area contributed by atoms with Crippen molar-refractivity contribution in [3.63, 3.8) is 0 Å². The van der Waals surface area contributed by atoms with E-state index in [1.807, 2.05) is 52.8 Å². The molecule has 1 aromatic heterocycles. The van der Waals surface area contributed by atoms with Gasteiger partial charge in [-0.15, -0.1) is 10.2 Å². The Labute approximate surface area is 129 Å². The Kier molecular flexibility index (Phi) is 3.88. The molecule has 0 atom stereocenters. The summed E-state index contributed by atoms with van der Waals surface area (Å²) in [5.41, 5.74) is 2.39. The molecule has 0 fully saturated rings. The molecule has 114 valence electrons. The van der Waals surface area contributed by atoms with Crippen LogP contribution < -0.4 is 0 Å². The summed E-state index contributed by atoms with van der Waals surface area (Å²) >= 11 is 0. The van der Waals surface area contributed by atoms with Crippen molar-refractivity contribution in [3.05, 3.63) is 29.3 Å². The Morgan fingerprint density at radius 1 is 1.14 bits per heavy atom. The molecule has 0 bridgehead atoms. The van der Waals surface area contributed by atoms with Gasteiger partial charge in [0.05, 0.1) is 0 Å². The first-order chi connectivity index (χ1) is 9.51. The predicted octanol–water partition coefficient (Wildman–Crippen LogP) is 3.24. The third-order valence-corrected chi connectivity index (χ3v) is 4.27. The van der Waals surface area contributed by atoms with Crippen molar-refractivity contribution in [1.29, 1.82) is 0 Å². The predicted molar refractivity (Wildman–Crippen MR) is 83.0 cm³/mol. The second-order valence-corrected chi connectivity index (χ2v) is 8.53. The highest BCUT2D eigenvalue weighted by Gasteiger charge is 2.30. The van der Waals surface area contributed by atoms with Crippen LogP contribution in [-0.4, -0.2) is 23.2 Å². The topological polar surface area (TPSA) is 64.8 Å². The highest BCUT2D eigenvalue weighted by Crippen LogP contribution is 2.31. The summed E-state index contributed by atoms with van der Waals surface area (Å²) in [5.74, 6) is 0.503. The van der Waals surface area contributed by atoms with Gasteiger partial charge in [-0.2, -0.15) is 0 Å². The van der Waals surface area contributed by atoms with E-state index in [-0.39, 0.29) is 5.16 Å². The van der Waals surface area contributed by atoms with Gasteiger partial charge in [-0.3, -0.25) is 4.57 Å². The van der Waals surface area contributed by atoms with Gasteiger partial charge in [-0.1, -0.05) is 17.7 Å². The van der Waals surface area contributed by atoms with E-state index < -0.39 is 14.6 Å². The van der Waals surface area contributed by atoms with Crippen molar-refractivity contribution >= 4 is 19.7 Å². The molecule has 0 aliphatic heterocycles. The summed E-state index contributed by atoms with van der Waals surface area (Å²) in [6.07, 6.45) is 0. The molecule has 0 saturated heterocycles. The molecule has 0 saturated carbocycles. The lowest BCUT2D eigenvalue weighted by Crippen LogP contribution is -2.26. The molecule has 1 heterocycles. The van der Waals surface area contributed by atoms with E-state index in [0.717, 1.165) is 16.7 Å². The number of aromatic nitrogens is 3. The number of halogens is 1. The van der Waals surface area contributed by atoms with E-state index in [1.54, 1.807) is 4.57 Å². The largest absolute Gasteiger partial charge is 0.296 e. The second kappa shape index (κ2) is 5.10. The van der Waals surface area contributed by atoms with Gasteiger partial charge in [0, 0.05) is 21.8 Å². The van der Waals surface area contributed by atoms with Gasteiger partial charge < -0.3 is 0 Å². The van der Waals surface area contributed by atoms with Crippen LogP contribution in [0.15, 0.2) is 23.4 Å². The quantitative estimate of drug-likeness (QED) is 0.794. The molecule has 1 aromatic carbocycles. The summed E-state index contributed by atoms with van der Waals surface area (Å²) in [5, 5.41) is 7.64. The van der Waals surface area contributed by atoms with Crippen LogP contribution in [0.5, 0.6) is 0 Å². The summed E-state index contributed by atoms with van der Waals surface area (Å²) in [6, 6.07) is 5.93. The maximum Gasteiger partial charge on any atom is 0.296 e. The summed E-state index contributed by atoms with van der Waals surface area (Å²) in [6.45, 7) is 9.58. The molecule has 0 spiro atoms. The van der Waals surface area contributed by atoms with E-state index in [9.17, 15) is 8.42 Å². The standard InChI is InChI=1S/C14H18ClN3O2S/c1-9-6-7-10(2)11(8-9)12-16-17-13(21(15,19)20)18(12)14(3,4)5/h6-8H,1-5H3. The van der Waals surface area contributed by atoms with Gasteiger partial charge in [0.25, 0.3) is 14.2 Å². The van der Waals surface area contributed by atoms with Crippen LogP contribution in [0.1, 0.15) is 31.9 Å². The Morgan fingerprint density at radius 2 is 1.76 bits per heavy atom. The molecule has 0 aliphatic carbocycles. The highest BCUT2D eigenvalue weighted by atomic mass is 35.7. The van der Waals surface area contributed by atoms with E-state index in [1.165, 1.54) is 0 Å². The molecule has 0 unspecified atom stereocenters. The zero-order valence-electron chi connectivity index (χ0n) is 12.7. The number of benzene rings is 1. The Balaban J connectivity index is 2.83. The van der Waals surface area contributed by atoms with Crippen molar-refractivity contribution in [3.8, 4) is 11.4 Å². The van der Waals surface area contributed by atoms with Crippen LogP contribution in [0.25, 0.3) is 11.4 Å². The molecule has 5 nitrogen and oxygen atoms in total. The lowest BCUT2D eigenvalue weighted by Gasteiger charge is -2.24. The van der Waals surface area contributed by atoms with Crippen molar-refractivity contribution in [2.45, 2.75) is 45.3 Å². The highest BCUT2D eigenvalue weighted by molar-refractivity contribution is 8.13. The van der Waals surface area contributed by atoms with Crippen LogP contribution in [0, 0.1) is 13.8 Å². The normalized spacial score (nSPS) is 12.7. The summed E-state index contributed by atoms with van der Waals surface area (Å²) in [7, 11) is 1.53. The Hall–Kier alpha value is -1.40. The first-order valence-electron chi connectivity index (χ1n) is 6.50. The molecule has 21 heavy (non-hydrogen) atoms. The van der Waals surface area contributed by atoms with Gasteiger partial charge >= 0.3 is 0 Å². The first-order valence-corrected chi connectivity index (χ1v) is 8.81. The third-order valence-electron chi connectivity index (χ3n) is 3.16. The van der Waals surface area contributed by atoms with E-state index >= 15 is 0 Å². The van der Waals surface area contributed by atoms with Crippen molar-refractivity contribution < 1.29 is 8.42 Å². The Bertz CT molecular complexity index is 789. The molecular weight excluding hydrogens is 310 g/mol. The zero-order chi connectivity index (χ0) is 16.0. The van der Waals surface area contributed by atoms with Crippen LogP contribution in [0.2, 0.25) is 0 Å². The van der Waals surface area contributed by atoms with Crippen molar-refractivity contribution in [2.24, 2.45) is 0 Å². The van der Waals surface area contributed by atoms with Crippen molar-refractivity contribution in [2.75, 3.05) is 0 Å². The van der Waals surface area contributed by atoms with Crippen LogP contribution >= 0.6 is 10.7 Å². The number of hydrogen-bond donors (Lipinski definition) is 0. The fourth-order valence-corrected chi connectivity index (χ4v) is 3.20. The minimum atomic E-state index is -3.97. The van der Waals surface area contributed by atoms with E-state index in [2.05, 4.69) is 10.2 Å². The van der Waals surface area contributed by atoms with Crippen LogP contribution in [0.4, 0.5) is 0 Å². The average Bonchev–Trinajstić information content (AvgIpc) is 2.76. The van der Waals surface area contributed by atoms with E-state index in [4.69, 9.17) is 10.7 Å². The van der Waals surface area contributed by atoms with Crippen LogP contribution in [-0.2, 0) is 14.6 Å². The number of nitrogens with zero attached hydrogens (tertiary/aromatic N) is 3. The third kappa shape index (κ3) is 3.11. The zero-order valence-corrected chi connectivity index (χ0v) is 14.2. The molecule has 0 radical (unpaired) electrons. The Morgan fingerprint density at radius 3 is 2.29 bits per heavy atom. The van der Waals surface area contributed by atoms with Gasteiger partial charge in [0.15, 0.2) is 5.82 Å². The molecule has 7 heteroatoms. The average molecular weight is 328 g/mol.